The first-order chi connectivity index (χ1) is 21.9. The molecular formula is C37H37N7O. The Hall–Kier alpha value is -5.21. The topological polar surface area (TPSA) is 95.9 Å². The van der Waals surface area contributed by atoms with Crippen LogP contribution in [0.25, 0.3) is 34.7 Å². The third-order valence-electron chi connectivity index (χ3n) is 8.48. The Kier molecular flexibility index (Phi) is 8.75. The van der Waals surface area contributed by atoms with Gasteiger partial charge in [-0.05, 0) is 105 Å². The number of carbonyl (C=O) groups excluding carboxylic acids is 1. The van der Waals surface area contributed by atoms with Crippen LogP contribution in [0, 0.1) is 13.8 Å². The Morgan fingerprint density at radius 1 is 0.911 bits per heavy atom. The minimum Gasteiger partial charge on any atom is -0.339 e. The van der Waals surface area contributed by atoms with Gasteiger partial charge in [0.25, 0.3) is 0 Å². The van der Waals surface area contributed by atoms with E-state index in [0.29, 0.717) is 22.0 Å². The number of fused-ring (bicyclic) bond motifs is 1. The molecule has 2 aromatic carbocycles. The van der Waals surface area contributed by atoms with Gasteiger partial charge in [-0.1, -0.05) is 36.9 Å². The Morgan fingerprint density at radius 3 is 2.27 bits per heavy atom. The molecule has 8 nitrogen and oxygen atoms in total. The summed E-state index contributed by atoms with van der Waals surface area (Å²) in [5.74, 6) is 1.32. The number of anilines is 4. The van der Waals surface area contributed by atoms with Crippen LogP contribution in [0.1, 0.15) is 36.5 Å². The lowest BCUT2D eigenvalue weighted by Crippen LogP contribution is -2.30. The third kappa shape index (κ3) is 6.37. The summed E-state index contributed by atoms with van der Waals surface area (Å²) in [6.07, 6.45) is 12.1. The average molecular weight is 596 g/mol. The summed E-state index contributed by atoms with van der Waals surface area (Å²) >= 11 is 0. The first-order valence-electron chi connectivity index (χ1n) is 15.3. The van der Waals surface area contributed by atoms with Gasteiger partial charge in [-0.25, -0.2) is 15.0 Å². The fourth-order valence-corrected chi connectivity index (χ4v) is 5.86. The molecule has 4 heterocycles. The molecule has 1 aliphatic rings. The van der Waals surface area contributed by atoms with Gasteiger partial charge < -0.3 is 10.6 Å². The van der Waals surface area contributed by atoms with E-state index in [-0.39, 0.29) is 0 Å². The number of pyridine rings is 2. The number of aldehydes is 1. The van der Waals surface area contributed by atoms with Crippen LogP contribution in [0.15, 0.2) is 78.9 Å². The number of rotatable bonds is 9. The maximum atomic E-state index is 11.3. The first kappa shape index (κ1) is 29.8. The quantitative estimate of drug-likeness (QED) is 0.155. The third-order valence-corrected chi connectivity index (χ3v) is 8.48. The molecule has 1 aliphatic heterocycles. The van der Waals surface area contributed by atoms with Crippen molar-refractivity contribution < 1.29 is 4.79 Å². The molecule has 8 heteroatoms. The molecule has 6 rings (SSSR count). The molecule has 0 bridgehead atoms. The molecule has 5 aromatic rings. The molecule has 0 aliphatic carbocycles. The van der Waals surface area contributed by atoms with Crippen LogP contribution in [0.5, 0.6) is 0 Å². The standard InChI is InChI=1S/C37H37N7O/c1-5-27(22-45)19-34-26(4)36(41-23-40-34)42-32-12-8-10-30(24(32)2)31-11-9-13-33(25(31)3)43-37-35-29(14-15-38-37)18-28(20-39-35)21-44-16-6-7-17-44/h5,8-15,18-20,22-23H,4,6-7,16-17,21H2,1-3H3,(H,38,43)(H,40,41,42)/b27-5?,34-19+. The number of likely N-dealkylation sites (tertiary alicyclic amines) is 1. The highest BCUT2D eigenvalue weighted by molar-refractivity contribution is 5.91. The second kappa shape index (κ2) is 13.2. The zero-order chi connectivity index (χ0) is 31.3. The Balaban J connectivity index is 1.29. The highest BCUT2D eigenvalue weighted by Gasteiger charge is 2.15. The second-order valence-electron chi connectivity index (χ2n) is 11.4. The van der Waals surface area contributed by atoms with Gasteiger partial charge in [-0.3, -0.25) is 14.7 Å². The molecule has 1 fully saturated rings. The number of hydrogen-bond acceptors (Lipinski definition) is 8. The molecule has 45 heavy (non-hydrogen) atoms. The molecule has 3 aromatic heterocycles. The van der Waals surface area contributed by atoms with Gasteiger partial charge in [0.2, 0.25) is 0 Å². The van der Waals surface area contributed by atoms with E-state index >= 15 is 0 Å². The molecule has 2 N–H and O–H groups in total. The molecule has 0 atom stereocenters. The highest BCUT2D eigenvalue weighted by Crippen LogP contribution is 2.35. The summed E-state index contributed by atoms with van der Waals surface area (Å²) in [5.41, 5.74) is 8.88. The molecule has 0 saturated carbocycles. The van der Waals surface area contributed by atoms with E-state index in [1.807, 2.05) is 37.5 Å². The molecular weight excluding hydrogens is 558 g/mol. The lowest BCUT2D eigenvalue weighted by molar-refractivity contribution is -0.104. The van der Waals surface area contributed by atoms with Crippen molar-refractivity contribution in [1.29, 1.82) is 0 Å². The summed E-state index contributed by atoms with van der Waals surface area (Å²) < 4.78 is 0. The van der Waals surface area contributed by atoms with Crippen molar-refractivity contribution in [1.82, 2.24) is 24.8 Å². The van der Waals surface area contributed by atoms with Crippen LogP contribution < -0.4 is 21.2 Å². The van der Waals surface area contributed by atoms with Crippen LogP contribution in [0.2, 0.25) is 0 Å². The number of benzene rings is 2. The maximum absolute atomic E-state index is 11.3. The van der Waals surface area contributed by atoms with Gasteiger partial charge >= 0.3 is 0 Å². The van der Waals surface area contributed by atoms with E-state index < -0.39 is 0 Å². The smallest absolute Gasteiger partial charge is 0.156 e. The molecule has 0 unspecified atom stereocenters. The largest absolute Gasteiger partial charge is 0.339 e. The summed E-state index contributed by atoms with van der Waals surface area (Å²) in [4.78, 5) is 32.1. The Labute approximate surface area is 263 Å². The zero-order valence-electron chi connectivity index (χ0n) is 26.0. The Morgan fingerprint density at radius 2 is 1.60 bits per heavy atom. The number of allylic oxidation sites excluding steroid dienone is 2. The monoisotopic (exact) mass is 595 g/mol. The van der Waals surface area contributed by atoms with Crippen LogP contribution in [0.3, 0.4) is 0 Å². The number of hydrogen-bond donors (Lipinski definition) is 2. The van der Waals surface area contributed by atoms with Crippen molar-refractivity contribution in [2.45, 2.75) is 40.2 Å². The fourth-order valence-electron chi connectivity index (χ4n) is 5.86. The van der Waals surface area contributed by atoms with Gasteiger partial charge in [0.15, 0.2) is 5.82 Å². The van der Waals surface area contributed by atoms with E-state index in [1.165, 1.54) is 24.7 Å². The van der Waals surface area contributed by atoms with E-state index in [0.717, 1.165) is 76.3 Å². The minimum absolute atomic E-state index is 0.531. The van der Waals surface area contributed by atoms with Crippen molar-refractivity contribution in [3.05, 3.63) is 106 Å². The molecule has 0 amide bonds. The fraction of sp³-hybridized carbons (Fsp3) is 0.216. The van der Waals surface area contributed by atoms with Crippen molar-refractivity contribution in [3.63, 3.8) is 0 Å². The number of nitrogens with one attached hydrogen (secondary N) is 2. The van der Waals surface area contributed by atoms with Crippen LogP contribution in [-0.2, 0) is 11.3 Å². The highest BCUT2D eigenvalue weighted by atomic mass is 16.1. The number of aromatic nitrogens is 4. The summed E-state index contributed by atoms with van der Waals surface area (Å²) in [6.45, 7) is 13.5. The molecule has 0 radical (unpaired) electrons. The predicted octanol–water partition coefficient (Wildman–Crippen LogP) is 6.12. The summed E-state index contributed by atoms with van der Waals surface area (Å²) in [6, 6.07) is 16.7. The predicted molar refractivity (Wildman–Crippen MR) is 183 cm³/mol. The van der Waals surface area contributed by atoms with Crippen LogP contribution in [0.4, 0.5) is 23.0 Å². The Bertz CT molecular complexity index is 2030. The van der Waals surface area contributed by atoms with Gasteiger partial charge in [0, 0.05) is 46.5 Å². The second-order valence-corrected chi connectivity index (χ2v) is 11.4. The van der Waals surface area contributed by atoms with Crippen molar-refractivity contribution in [2.24, 2.45) is 0 Å². The van der Waals surface area contributed by atoms with Crippen LogP contribution >= 0.6 is 0 Å². The van der Waals surface area contributed by atoms with Gasteiger partial charge in [-0.15, -0.1) is 0 Å². The van der Waals surface area contributed by atoms with Crippen LogP contribution in [-0.4, -0.2) is 44.2 Å². The zero-order valence-corrected chi connectivity index (χ0v) is 26.0. The lowest BCUT2D eigenvalue weighted by Gasteiger charge is -2.18. The molecule has 0 spiro atoms. The van der Waals surface area contributed by atoms with Gasteiger partial charge in [-0.2, -0.15) is 0 Å². The van der Waals surface area contributed by atoms with E-state index in [1.54, 1.807) is 12.2 Å². The molecule has 1 saturated heterocycles. The van der Waals surface area contributed by atoms with Crippen molar-refractivity contribution in [3.8, 4) is 11.1 Å². The van der Waals surface area contributed by atoms with Crippen molar-refractivity contribution >= 4 is 52.9 Å². The normalized spacial score (nSPS) is 14.2. The molecule has 226 valence electrons. The van der Waals surface area contributed by atoms with Gasteiger partial charge in [0.05, 0.1) is 5.35 Å². The van der Waals surface area contributed by atoms with Gasteiger partial charge in [0.1, 0.15) is 23.9 Å². The first-order valence-corrected chi connectivity index (χ1v) is 15.3. The minimum atomic E-state index is 0.531. The van der Waals surface area contributed by atoms with Crippen molar-refractivity contribution in [2.75, 3.05) is 23.7 Å². The summed E-state index contributed by atoms with van der Waals surface area (Å²) in [5, 5.41) is 9.30. The maximum Gasteiger partial charge on any atom is 0.156 e. The van der Waals surface area contributed by atoms with E-state index in [4.69, 9.17) is 4.98 Å². The summed E-state index contributed by atoms with van der Waals surface area (Å²) in [7, 11) is 0. The van der Waals surface area contributed by atoms with E-state index in [9.17, 15) is 4.79 Å². The lowest BCUT2D eigenvalue weighted by atomic mass is 9.94. The average Bonchev–Trinajstić information content (AvgIpc) is 3.57. The number of carbonyl (C=O) groups is 1. The number of nitrogens with zero attached hydrogens (tertiary/aromatic N) is 5. The van der Waals surface area contributed by atoms with E-state index in [2.05, 4.69) is 81.2 Å². The SMILES string of the molecule is C=c1c(Nc2cccc(-c3cccc(Nc4nccc5cc(CN6CCCC6)cnc45)c3C)c2C)ncn/c1=C/C(C=O)=CC.